The number of hydrogen-bond acceptors (Lipinski definition) is 2. The molecular formula is C11H7BrN2O. The van der Waals surface area contributed by atoms with Crippen LogP contribution in [0.15, 0.2) is 34.9 Å². The average molecular weight is 263 g/mol. The Morgan fingerprint density at radius 3 is 2.60 bits per heavy atom. The SMILES string of the molecule is [C-]#[N+]c1ccc(-c2cc(CBr)on2)cc1. The van der Waals surface area contributed by atoms with Crippen LogP contribution in [0.3, 0.4) is 0 Å². The molecule has 0 aliphatic carbocycles. The van der Waals surface area contributed by atoms with Crippen LogP contribution in [0.25, 0.3) is 16.1 Å². The summed E-state index contributed by atoms with van der Waals surface area (Å²) in [6, 6.07) is 9.14. The zero-order valence-corrected chi connectivity index (χ0v) is 9.36. The molecule has 0 aliphatic rings. The monoisotopic (exact) mass is 262 g/mol. The molecule has 0 N–H and O–H groups in total. The molecule has 1 aromatic heterocycles. The van der Waals surface area contributed by atoms with Crippen LogP contribution in [0.4, 0.5) is 5.69 Å². The van der Waals surface area contributed by atoms with E-state index < -0.39 is 0 Å². The fourth-order valence-corrected chi connectivity index (χ4v) is 1.48. The molecule has 0 saturated carbocycles. The van der Waals surface area contributed by atoms with Crippen molar-refractivity contribution in [1.29, 1.82) is 0 Å². The highest BCUT2D eigenvalue weighted by Crippen LogP contribution is 2.22. The van der Waals surface area contributed by atoms with E-state index in [2.05, 4.69) is 25.9 Å². The summed E-state index contributed by atoms with van der Waals surface area (Å²) >= 11 is 3.29. The first-order chi connectivity index (χ1) is 7.33. The number of benzene rings is 1. The van der Waals surface area contributed by atoms with Crippen molar-refractivity contribution in [3.63, 3.8) is 0 Å². The number of halogens is 1. The summed E-state index contributed by atoms with van der Waals surface area (Å²) in [5, 5.41) is 4.58. The van der Waals surface area contributed by atoms with Crippen LogP contribution < -0.4 is 0 Å². The molecule has 4 heteroatoms. The number of aromatic nitrogens is 1. The van der Waals surface area contributed by atoms with E-state index in [1.165, 1.54) is 0 Å². The Balaban J connectivity index is 2.33. The van der Waals surface area contributed by atoms with Gasteiger partial charge in [-0.05, 0) is 0 Å². The maximum atomic E-state index is 6.84. The molecule has 0 radical (unpaired) electrons. The quantitative estimate of drug-likeness (QED) is 0.609. The Kier molecular flexibility index (Phi) is 2.84. The molecule has 0 aliphatic heterocycles. The van der Waals surface area contributed by atoms with Gasteiger partial charge in [0.05, 0.1) is 11.9 Å². The Morgan fingerprint density at radius 1 is 1.33 bits per heavy atom. The van der Waals surface area contributed by atoms with E-state index in [4.69, 9.17) is 11.1 Å². The van der Waals surface area contributed by atoms with Crippen LogP contribution in [0.5, 0.6) is 0 Å². The Hall–Kier alpha value is -1.60. The van der Waals surface area contributed by atoms with Crippen molar-refractivity contribution in [2.24, 2.45) is 0 Å². The minimum absolute atomic E-state index is 0.628. The normalized spacial score (nSPS) is 9.87. The highest BCUT2D eigenvalue weighted by atomic mass is 79.9. The van der Waals surface area contributed by atoms with Gasteiger partial charge in [0.15, 0.2) is 5.69 Å². The molecule has 0 saturated heterocycles. The Bertz CT molecular complexity index is 496. The summed E-state index contributed by atoms with van der Waals surface area (Å²) in [6.07, 6.45) is 0. The molecule has 0 atom stereocenters. The van der Waals surface area contributed by atoms with Gasteiger partial charge in [-0.3, -0.25) is 0 Å². The van der Waals surface area contributed by atoms with Crippen molar-refractivity contribution in [1.82, 2.24) is 5.16 Å². The third-order valence-electron chi connectivity index (χ3n) is 1.98. The van der Waals surface area contributed by atoms with Gasteiger partial charge in [-0.15, -0.1) is 0 Å². The van der Waals surface area contributed by atoms with E-state index in [0.717, 1.165) is 17.0 Å². The van der Waals surface area contributed by atoms with Gasteiger partial charge in [-0.1, -0.05) is 45.4 Å². The highest BCUT2D eigenvalue weighted by molar-refractivity contribution is 9.08. The second kappa shape index (κ2) is 4.28. The van der Waals surface area contributed by atoms with E-state index in [1.807, 2.05) is 18.2 Å². The molecule has 0 fully saturated rings. The molecule has 15 heavy (non-hydrogen) atoms. The fraction of sp³-hybridized carbons (Fsp3) is 0.0909. The van der Waals surface area contributed by atoms with Crippen LogP contribution in [0, 0.1) is 6.57 Å². The molecule has 2 aromatic rings. The first-order valence-electron chi connectivity index (χ1n) is 4.33. The molecule has 1 heterocycles. The van der Waals surface area contributed by atoms with E-state index >= 15 is 0 Å². The van der Waals surface area contributed by atoms with Gasteiger partial charge in [0.1, 0.15) is 11.5 Å². The number of rotatable bonds is 2. The molecular weight excluding hydrogens is 256 g/mol. The van der Waals surface area contributed by atoms with Crippen LogP contribution in [0.1, 0.15) is 5.76 Å². The van der Waals surface area contributed by atoms with Gasteiger partial charge in [0, 0.05) is 11.6 Å². The minimum atomic E-state index is 0.628. The van der Waals surface area contributed by atoms with Gasteiger partial charge in [-0.2, -0.15) is 0 Å². The van der Waals surface area contributed by atoms with Gasteiger partial charge in [-0.25, -0.2) is 4.85 Å². The first kappa shape index (κ1) is 9.94. The summed E-state index contributed by atoms with van der Waals surface area (Å²) in [4.78, 5) is 3.33. The second-order valence-corrected chi connectivity index (χ2v) is 3.53. The third kappa shape index (κ3) is 2.08. The lowest BCUT2D eigenvalue weighted by molar-refractivity contribution is 0.398. The van der Waals surface area contributed by atoms with Gasteiger partial charge in [0.2, 0.25) is 0 Å². The smallest absolute Gasteiger partial charge is 0.187 e. The van der Waals surface area contributed by atoms with Crippen molar-refractivity contribution in [3.8, 4) is 11.3 Å². The summed E-state index contributed by atoms with van der Waals surface area (Å²) in [7, 11) is 0. The number of hydrogen-bond donors (Lipinski definition) is 0. The fourth-order valence-electron chi connectivity index (χ4n) is 1.22. The van der Waals surface area contributed by atoms with Crippen LogP contribution in [0.2, 0.25) is 0 Å². The topological polar surface area (TPSA) is 30.4 Å². The molecule has 0 spiro atoms. The van der Waals surface area contributed by atoms with E-state index in [1.54, 1.807) is 12.1 Å². The lowest BCUT2D eigenvalue weighted by Gasteiger charge is -1.94. The highest BCUT2D eigenvalue weighted by Gasteiger charge is 2.04. The predicted octanol–water partition coefficient (Wildman–Crippen LogP) is 3.79. The Morgan fingerprint density at radius 2 is 2.07 bits per heavy atom. The van der Waals surface area contributed by atoms with Crippen LogP contribution >= 0.6 is 15.9 Å². The maximum absolute atomic E-state index is 6.84. The zero-order chi connectivity index (χ0) is 10.7. The van der Waals surface area contributed by atoms with Crippen molar-refractivity contribution in [3.05, 3.63) is 47.5 Å². The lowest BCUT2D eigenvalue weighted by Crippen LogP contribution is -1.74. The predicted molar refractivity (Wildman–Crippen MR) is 60.8 cm³/mol. The molecule has 2 rings (SSSR count). The molecule has 3 nitrogen and oxygen atoms in total. The van der Waals surface area contributed by atoms with Gasteiger partial charge < -0.3 is 4.52 Å². The van der Waals surface area contributed by atoms with Crippen LogP contribution in [-0.2, 0) is 5.33 Å². The maximum Gasteiger partial charge on any atom is 0.187 e. The molecule has 0 unspecified atom stereocenters. The van der Waals surface area contributed by atoms with E-state index in [9.17, 15) is 0 Å². The lowest BCUT2D eigenvalue weighted by atomic mass is 10.1. The summed E-state index contributed by atoms with van der Waals surface area (Å²) < 4.78 is 5.07. The van der Waals surface area contributed by atoms with Gasteiger partial charge in [0.25, 0.3) is 0 Å². The molecule has 0 bridgehead atoms. The van der Waals surface area contributed by atoms with Crippen molar-refractivity contribution >= 4 is 21.6 Å². The van der Waals surface area contributed by atoms with Crippen molar-refractivity contribution in [2.75, 3.05) is 0 Å². The van der Waals surface area contributed by atoms with E-state index in [-0.39, 0.29) is 0 Å². The zero-order valence-electron chi connectivity index (χ0n) is 7.77. The number of nitrogens with zero attached hydrogens (tertiary/aromatic N) is 2. The Labute approximate surface area is 95.7 Å². The van der Waals surface area contributed by atoms with Crippen LogP contribution in [-0.4, -0.2) is 5.16 Å². The second-order valence-electron chi connectivity index (χ2n) is 2.97. The number of alkyl halides is 1. The summed E-state index contributed by atoms with van der Waals surface area (Å²) in [5.74, 6) is 0.791. The minimum Gasteiger partial charge on any atom is -0.360 e. The largest absolute Gasteiger partial charge is 0.360 e. The third-order valence-corrected chi connectivity index (χ3v) is 2.54. The molecule has 74 valence electrons. The van der Waals surface area contributed by atoms with Gasteiger partial charge >= 0.3 is 0 Å². The summed E-state index contributed by atoms with van der Waals surface area (Å²) in [6.45, 7) is 6.84. The van der Waals surface area contributed by atoms with Crippen molar-refractivity contribution in [2.45, 2.75) is 5.33 Å². The molecule has 1 aromatic carbocycles. The standard InChI is InChI=1S/C11H7BrN2O/c1-13-9-4-2-8(3-5-9)11-6-10(7-12)15-14-11/h2-6H,7H2. The summed E-state index contributed by atoms with van der Waals surface area (Å²) in [5.41, 5.74) is 2.38. The first-order valence-corrected chi connectivity index (χ1v) is 5.45. The van der Waals surface area contributed by atoms with Crippen molar-refractivity contribution < 1.29 is 4.52 Å². The molecule has 0 amide bonds. The average Bonchev–Trinajstić information content (AvgIpc) is 2.78. The van der Waals surface area contributed by atoms with E-state index in [0.29, 0.717) is 11.0 Å².